The summed E-state index contributed by atoms with van der Waals surface area (Å²) in [6.45, 7) is 9.24. The third-order valence-corrected chi connectivity index (χ3v) is 8.74. The van der Waals surface area contributed by atoms with Gasteiger partial charge < -0.3 is 36.3 Å². The van der Waals surface area contributed by atoms with E-state index in [-0.39, 0.29) is 76.2 Å². The summed E-state index contributed by atoms with van der Waals surface area (Å²) in [6.07, 6.45) is -0.871. The van der Waals surface area contributed by atoms with Crippen LogP contribution in [0.3, 0.4) is 0 Å². The second-order valence-corrected chi connectivity index (χ2v) is 12.4. The average Bonchev–Trinajstić information content (AvgIpc) is 2.48. The molecule has 0 aliphatic heterocycles. The Hall–Kier alpha value is 1.51. The second kappa shape index (κ2) is 16.2. The van der Waals surface area contributed by atoms with Gasteiger partial charge in [0.1, 0.15) is 0 Å². The summed E-state index contributed by atoms with van der Waals surface area (Å²) in [5.41, 5.74) is 0. The van der Waals surface area contributed by atoms with Crippen molar-refractivity contribution in [3.05, 3.63) is 0 Å². The number of rotatable bonds is 16. The third-order valence-electron chi connectivity index (χ3n) is 4.20. The number of hydrogen-bond acceptors (Lipinski definition) is 5. The Bertz CT molecular complexity index is 358. The SMILES string of the molecule is CC(C)(C)[Si](C)(C)OCCOCCOCCOCCOCC[B-](F)(F)F.[K+]. The van der Waals surface area contributed by atoms with E-state index in [0.29, 0.717) is 39.6 Å². The van der Waals surface area contributed by atoms with Gasteiger partial charge in [0.05, 0.1) is 52.9 Å². The van der Waals surface area contributed by atoms with E-state index in [4.69, 9.17) is 23.4 Å². The van der Waals surface area contributed by atoms with E-state index in [9.17, 15) is 12.9 Å². The first-order valence-electron chi connectivity index (χ1n) is 9.12. The van der Waals surface area contributed by atoms with Gasteiger partial charge in [0.25, 0.3) is 0 Å². The number of ether oxygens (including phenoxy) is 4. The maximum Gasteiger partial charge on any atom is 1.00 e. The minimum Gasteiger partial charge on any atom is -0.449 e. The summed E-state index contributed by atoms with van der Waals surface area (Å²) in [5.74, 6) is 0. The molecule has 0 aromatic heterocycles. The smallest absolute Gasteiger partial charge is 0.449 e. The Kier molecular flexibility index (Phi) is 18.5. The molecule has 0 aromatic carbocycles. The zero-order chi connectivity index (χ0) is 20.1. The van der Waals surface area contributed by atoms with Crippen LogP contribution < -0.4 is 51.4 Å². The first kappa shape index (κ1) is 30.7. The molecule has 0 fully saturated rings. The van der Waals surface area contributed by atoms with Crippen molar-refractivity contribution in [2.75, 3.05) is 59.5 Å². The van der Waals surface area contributed by atoms with Gasteiger partial charge in [-0.3, -0.25) is 0 Å². The Morgan fingerprint density at radius 1 is 0.667 bits per heavy atom. The van der Waals surface area contributed by atoms with E-state index in [1.165, 1.54) is 0 Å². The van der Waals surface area contributed by atoms with Crippen molar-refractivity contribution in [3.8, 4) is 0 Å². The standard InChI is InChI=1S/C16H35BF3O5Si.K/c1-16(2,3)26(4,5)25-15-14-24-13-12-23-11-10-22-9-8-21-7-6-17(18,19)20;/h6-15H2,1-5H3;/q-1;+1. The topological polar surface area (TPSA) is 46.2 Å². The van der Waals surface area contributed by atoms with Crippen LogP contribution in [0.1, 0.15) is 20.8 Å². The molecule has 0 aromatic rings. The Labute approximate surface area is 206 Å². The molecule has 0 radical (unpaired) electrons. The van der Waals surface area contributed by atoms with Crippen molar-refractivity contribution in [3.63, 3.8) is 0 Å². The molecule has 0 N–H and O–H groups in total. The minimum absolute atomic E-state index is 0. The maximum atomic E-state index is 11.9. The molecule has 0 rings (SSSR count). The molecule has 0 heterocycles. The molecule has 0 unspecified atom stereocenters. The van der Waals surface area contributed by atoms with E-state index in [1.807, 2.05) is 0 Å². The van der Waals surface area contributed by atoms with Gasteiger partial charge in [0, 0.05) is 6.61 Å². The Balaban J connectivity index is 0. The minimum atomic E-state index is -4.76. The van der Waals surface area contributed by atoms with Gasteiger partial charge in [-0.2, -0.15) is 0 Å². The van der Waals surface area contributed by atoms with Crippen molar-refractivity contribution in [1.29, 1.82) is 0 Å². The van der Waals surface area contributed by atoms with E-state index in [1.54, 1.807) is 0 Å². The van der Waals surface area contributed by atoms with Crippen LogP contribution in [0.5, 0.6) is 0 Å². The molecule has 0 aliphatic rings. The molecule has 0 aliphatic carbocycles. The summed E-state index contributed by atoms with van der Waals surface area (Å²) in [6, 6.07) is 0. The fourth-order valence-electron chi connectivity index (χ4n) is 1.55. The largest absolute Gasteiger partial charge is 1.00 e. The fraction of sp³-hybridized carbons (Fsp3) is 1.00. The van der Waals surface area contributed by atoms with E-state index in [2.05, 4.69) is 33.9 Å². The van der Waals surface area contributed by atoms with Gasteiger partial charge in [-0.1, -0.05) is 27.1 Å². The summed E-state index contributed by atoms with van der Waals surface area (Å²) in [4.78, 5) is 0. The molecule has 0 bridgehead atoms. The normalized spacial score (nSPS) is 12.9. The van der Waals surface area contributed by atoms with Gasteiger partial charge >= 0.3 is 58.4 Å². The molecule has 0 saturated carbocycles. The van der Waals surface area contributed by atoms with Gasteiger partial charge in [0.2, 0.25) is 0 Å². The molecule has 0 atom stereocenters. The monoisotopic (exact) mass is 442 g/mol. The molecule has 158 valence electrons. The van der Waals surface area contributed by atoms with Crippen molar-refractivity contribution in [2.45, 2.75) is 45.2 Å². The molecule has 11 heteroatoms. The average molecular weight is 442 g/mol. The zero-order valence-corrected chi connectivity index (χ0v) is 21.9. The van der Waals surface area contributed by atoms with Crippen molar-refractivity contribution in [2.24, 2.45) is 0 Å². The number of halogens is 3. The summed E-state index contributed by atoms with van der Waals surface area (Å²) < 4.78 is 62.6. The van der Waals surface area contributed by atoms with Gasteiger partial charge in [0.15, 0.2) is 8.32 Å². The summed E-state index contributed by atoms with van der Waals surface area (Å²) in [7, 11) is -1.71. The van der Waals surface area contributed by atoms with Gasteiger partial charge in [-0.15, -0.1) is 0 Å². The quantitative estimate of drug-likeness (QED) is 0.263. The fourth-order valence-corrected chi connectivity index (χ4v) is 2.58. The Morgan fingerprint density at radius 2 is 1.00 bits per heavy atom. The zero-order valence-electron chi connectivity index (χ0n) is 17.8. The van der Waals surface area contributed by atoms with Crippen LogP contribution in [0.25, 0.3) is 0 Å². The van der Waals surface area contributed by atoms with E-state index >= 15 is 0 Å². The number of hydrogen-bond donors (Lipinski definition) is 0. The maximum absolute atomic E-state index is 11.9. The van der Waals surface area contributed by atoms with Crippen molar-refractivity contribution in [1.82, 2.24) is 0 Å². The molecule has 27 heavy (non-hydrogen) atoms. The van der Waals surface area contributed by atoms with Crippen LogP contribution in [-0.2, 0) is 23.4 Å². The molecule has 5 nitrogen and oxygen atoms in total. The molecule has 0 amide bonds. The predicted molar refractivity (Wildman–Crippen MR) is 100 cm³/mol. The van der Waals surface area contributed by atoms with E-state index < -0.39 is 21.6 Å². The Morgan fingerprint density at radius 3 is 1.33 bits per heavy atom. The summed E-state index contributed by atoms with van der Waals surface area (Å²) >= 11 is 0. The van der Waals surface area contributed by atoms with Crippen LogP contribution in [-0.4, -0.2) is 74.8 Å². The van der Waals surface area contributed by atoms with Crippen LogP contribution in [0, 0.1) is 0 Å². The predicted octanol–water partition coefficient (Wildman–Crippen LogP) is 0.926. The van der Waals surface area contributed by atoms with Crippen LogP contribution in [0.2, 0.25) is 24.5 Å². The molecular weight excluding hydrogens is 407 g/mol. The van der Waals surface area contributed by atoms with Crippen molar-refractivity contribution < 1.29 is 87.7 Å². The molecule has 0 saturated heterocycles. The first-order valence-corrected chi connectivity index (χ1v) is 12.0. The van der Waals surface area contributed by atoms with E-state index in [0.717, 1.165) is 0 Å². The van der Waals surface area contributed by atoms with Crippen LogP contribution in [0.15, 0.2) is 0 Å². The third kappa shape index (κ3) is 19.2. The summed E-state index contributed by atoms with van der Waals surface area (Å²) in [5, 5.41) is 0.195. The van der Waals surface area contributed by atoms with Crippen LogP contribution in [0.4, 0.5) is 12.9 Å². The molecular formula is C16H35BF3KO5Si. The second-order valence-electron chi connectivity index (χ2n) is 7.56. The molecule has 0 spiro atoms. The first-order chi connectivity index (χ1) is 12.0. The van der Waals surface area contributed by atoms with Gasteiger partial charge in [-0.25, -0.2) is 0 Å². The van der Waals surface area contributed by atoms with Crippen molar-refractivity contribution >= 4 is 15.3 Å². The van der Waals surface area contributed by atoms with Crippen LogP contribution >= 0.6 is 0 Å². The van der Waals surface area contributed by atoms with Gasteiger partial charge in [-0.05, 0) is 18.1 Å².